The van der Waals surface area contributed by atoms with Crippen LogP contribution in [0.15, 0.2) is 0 Å². The number of hydrogen-bond acceptors (Lipinski definition) is 1. The van der Waals surface area contributed by atoms with Crippen LogP contribution in [0.1, 0.15) is 26.2 Å². The lowest BCUT2D eigenvalue weighted by Gasteiger charge is -2.30. The van der Waals surface area contributed by atoms with E-state index in [0.717, 1.165) is 25.8 Å². The first-order chi connectivity index (χ1) is 5.17. The molecular weight excluding hydrogens is 141 g/mol. The molecule has 0 bridgehead atoms. The zero-order valence-corrected chi connectivity index (χ0v) is 6.86. The standard InChI is InChI=1S/C9H14FN/c1-3-9(2,10)8-6-4-5-7-11-8/h1,8,11H,4-7H2,2H3. The average Bonchev–Trinajstić information content (AvgIpc) is 2.06. The molecule has 0 amide bonds. The highest BCUT2D eigenvalue weighted by molar-refractivity contribution is 5.11. The Morgan fingerprint density at radius 1 is 1.64 bits per heavy atom. The third kappa shape index (κ3) is 1.94. The van der Waals surface area contributed by atoms with Crippen molar-refractivity contribution in [2.24, 2.45) is 0 Å². The van der Waals surface area contributed by atoms with E-state index in [9.17, 15) is 4.39 Å². The Labute approximate surface area is 67.4 Å². The van der Waals surface area contributed by atoms with Crippen molar-refractivity contribution in [3.8, 4) is 12.3 Å². The molecule has 0 aromatic carbocycles. The highest BCUT2D eigenvalue weighted by Gasteiger charge is 2.32. The predicted molar refractivity (Wildman–Crippen MR) is 44.0 cm³/mol. The Morgan fingerprint density at radius 2 is 2.36 bits per heavy atom. The summed E-state index contributed by atoms with van der Waals surface area (Å²) in [6.07, 6.45) is 8.15. The maximum atomic E-state index is 13.4. The lowest BCUT2D eigenvalue weighted by atomic mass is 9.92. The molecule has 1 nitrogen and oxygen atoms in total. The predicted octanol–water partition coefficient (Wildman–Crippen LogP) is 1.49. The second kappa shape index (κ2) is 3.23. The van der Waals surface area contributed by atoms with Gasteiger partial charge in [0.25, 0.3) is 0 Å². The topological polar surface area (TPSA) is 12.0 Å². The molecule has 0 aliphatic carbocycles. The van der Waals surface area contributed by atoms with Crippen molar-refractivity contribution < 1.29 is 4.39 Å². The fourth-order valence-corrected chi connectivity index (χ4v) is 1.42. The van der Waals surface area contributed by atoms with Crippen LogP contribution in [0.5, 0.6) is 0 Å². The second-order valence-corrected chi connectivity index (χ2v) is 3.22. The molecule has 2 atom stereocenters. The lowest BCUT2D eigenvalue weighted by Crippen LogP contribution is -2.47. The first-order valence-electron chi connectivity index (χ1n) is 4.07. The molecule has 1 N–H and O–H groups in total. The van der Waals surface area contributed by atoms with Gasteiger partial charge in [0.2, 0.25) is 0 Å². The quantitative estimate of drug-likeness (QED) is 0.566. The molecule has 0 aromatic rings. The van der Waals surface area contributed by atoms with Gasteiger partial charge >= 0.3 is 0 Å². The molecule has 1 fully saturated rings. The molecule has 2 unspecified atom stereocenters. The number of piperidine rings is 1. The van der Waals surface area contributed by atoms with Crippen LogP contribution in [0, 0.1) is 12.3 Å². The minimum atomic E-state index is -1.47. The van der Waals surface area contributed by atoms with Crippen LogP contribution in [-0.2, 0) is 0 Å². The second-order valence-electron chi connectivity index (χ2n) is 3.22. The maximum absolute atomic E-state index is 13.4. The van der Waals surface area contributed by atoms with Gasteiger partial charge in [0.05, 0.1) is 6.04 Å². The number of nitrogens with one attached hydrogen (secondary N) is 1. The smallest absolute Gasteiger partial charge is 0.182 e. The molecule has 11 heavy (non-hydrogen) atoms. The van der Waals surface area contributed by atoms with E-state index in [4.69, 9.17) is 6.42 Å². The van der Waals surface area contributed by atoms with Gasteiger partial charge in [-0.2, -0.15) is 0 Å². The van der Waals surface area contributed by atoms with Gasteiger partial charge in [0, 0.05) is 0 Å². The molecule has 1 heterocycles. The lowest BCUT2D eigenvalue weighted by molar-refractivity contribution is 0.170. The molecule has 1 aliphatic heterocycles. The number of alkyl halides is 1. The van der Waals surface area contributed by atoms with Crippen molar-refractivity contribution in [2.75, 3.05) is 6.54 Å². The molecule has 0 saturated carbocycles. The van der Waals surface area contributed by atoms with Gasteiger partial charge in [-0.05, 0) is 26.3 Å². The highest BCUT2D eigenvalue weighted by atomic mass is 19.1. The van der Waals surface area contributed by atoms with Gasteiger partial charge < -0.3 is 5.32 Å². The first kappa shape index (κ1) is 8.55. The van der Waals surface area contributed by atoms with E-state index in [0.29, 0.717) is 0 Å². The van der Waals surface area contributed by atoms with Crippen LogP contribution in [0.4, 0.5) is 4.39 Å². The zero-order valence-electron chi connectivity index (χ0n) is 6.86. The van der Waals surface area contributed by atoms with Crippen LogP contribution in [-0.4, -0.2) is 18.3 Å². The summed E-state index contributed by atoms with van der Waals surface area (Å²) in [5, 5.41) is 3.09. The van der Waals surface area contributed by atoms with E-state index >= 15 is 0 Å². The summed E-state index contributed by atoms with van der Waals surface area (Å²) in [4.78, 5) is 0. The summed E-state index contributed by atoms with van der Waals surface area (Å²) < 4.78 is 13.4. The molecule has 62 valence electrons. The first-order valence-corrected chi connectivity index (χ1v) is 4.07. The van der Waals surface area contributed by atoms with Crippen LogP contribution < -0.4 is 5.32 Å². The molecule has 1 aliphatic rings. The summed E-state index contributed by atoms with van der Waals surface area (Å²) in [5.74, 6) is 2.18. The monoisotopic (exact) mass is 155 g/mol. The molecule has 2 heteroatoms. The molecule has 0 aromatic heterocycles. The minimum absolute atomic E-state index is 0.138. The van der Waals surface area contributed by atoms with E-state index in [2.05, 4.69) is 11.2 Å². The molecule has 0 radical (unpaired) electrons. The summed E-state index contributed by atoms with van der Waals surface area (Å²) in [7, 11) is 0. The molecule has 1 rings (SSSR count). The third-order valence-corrected chi connectivity index (χ3v) is 2.25. The van der Waals surface area contributed by atoms with E-state index in [-0.39, 0.29) is 6.04 Å². The average molecular weight is 155 g/mol. The van der Waals surface area contributed by atoms with Crippen LogP contribution >= 0.6 is 0 Å². The van der Waals surface area contributed by atoms with Gasteiger partial charge in [-0.3, -0.25) is 0 Å². The third-order valence-electron chi connectivity index (χ3n) is 2.25. The Morgan fingerprint density at radius 3 is 2.82 bits per heavy atom. The minimum Gasteiger partial charge on any atom is -0.310 e. The maximum Gasteiger partial charge on any atom is 0.182 e. The van der Waals surface area contributed by atoms with Crippen LogP contribution in [0.3, 0.4) is 0 Å². The van der Waals surface area contributed by atoms with E-state index < -0.39 is 5.67 Å². The largest absolute Gasteiger partial charge is 0.310 e. The fourth-order valence-electron chi connectivity index (χ4n) is 1.42. The van der Waals surface area contributed by atoms with Crippen LogP contribution in [0.25, 0.3) is 0 Å². The number of terminal acetylenes is 1. The summed E-state index contributed by atoms with van der Waals surface area (Å²) in [5.41, 5.74) is -1.47. The van der Waals surface area contributed by atoms with Gasteiger partial charge in [-0.1, -0.05) is 12.3 Å². The summed E-state index contributed by atoms with van der Waals surface area (Å²) in [6.45, 7) is 2.36. The zero-order chi connectivity index (χ0) is 8.32. The molecule has 0 spiro atoms. The Hall–Kier alpha value is -0.550. The Balaban J connectivity index is 2.52. The van der Waals surface area contributed by atoms with Crippen molar-refractivity contribution >= 4 is 0 Å². The summed E-state index contributed by atoms with van der Waals surface area (Å²) in [6, 6.07) is -0.138. The SMILES string of the molecule is C#CC(C)(F)C1CCCCN1. The van der Waals surface area contributed by atoms with Gasteiger partial charge in [0.15, 0.2) is 5.67 Å². The van der Waals surface area contributed by atoms with E-state index in [1.165, 1.54) is 6.92 Å². The fraction of sp³-hybridized carbons (Fsp3) is 0.778. The van der Waals surface area contributed by atoms with E-state index in [1.54, 1.807) is 0 Å². The summed E-state index contributed by atoms with van der Waals surface area (Å²) >= 11 is 0. The number of rotatable bonds is 1. The van der Waals surface area contributed by atoms with Crippen molar-refractivity contribution in [1.82, 2.24) is 5.32 Å². The highest BCUT2D eigenvalue weighted by Crippen LogP contribution is 2.21. The normalized spacial score (nSPS) is 30.5. The van der Waals surface area contributed by atoms with Gasteiger partial charge in [0.1, 0.15) is 0 Å². The number of halogens is 1. The number of hydrogen-bond donors (Lipinski definition) is 1. The van der Waals surface area contributed by atoms with Crippen molar-refractivity contribution in [3.05, 3.63) is 0 Å². The van der Waals surface area contributed by atoms with Crippen LogP contribution in [0.2, 0.25) is 0 Å². The molecule has 1 saturated heterocycles. The van der Waals surface area contributed by atoms with Gasteiger partial charge in [-0.15, -0.1) is 6.42 Å². The van der Waals surface area contributed by atoms with Crippen molar-refractivity contribution in [2.45, 2.75) is 37.9 Å². The Kier molecular flexibility index (Phi) is 2.51. The van der Waals surface area contributed by atoms with Crippen molar-refractivity contribution in [3.63, 3.8) is 0 Å². The molecular formula is C9H14FN. The van der Waals surface area contributed by atoms with E-state index in [1.807, 2.05) is 0 Å². The van der Waals surface area contributed by atoms with Gasteiger partial charge in [-0.25, -0.2) is 4.39 Å². The van der Waals surface area contributed by atoms with Crippen molar-refractivity contribution in [1.29, 1.82) is 0 Å². The Bertz CT molecular complexity index is 163.